The lowest BCUT2D eigenvalue weighted by Crippen LogP contribution is -2.48. The zero-order chi connectivity index (χ0) is 18.5. The smallest absolute Gasteiger partial charge is 0.254 e. The van der Waals surface area contributed by atoms with E-state index in [2.05, 4.69) is 5.32 Å². The van der Waals surface area contributed by atoms with Crippen molar-refractivity contribution in [2.75, 3.05) is 33.4 Å². The van der Waals surface area contributed by atoms with Gasteiger partial charge >= 0.3 is 0 Å². The van der Waals surface area contributed by atoms with Crippen LogP contribution in [0.3, 0.4) is 0 Å². The summed E-state index contributed by atoms with van der Waals surface area (Å²) in [7, 11) is 1.55. The molecular formula is C20H23FN2O3. The van der Waals surface area contributed by atoms with Crippen LogP contribution in [0.5, 0.6) is 11.5 Å². The normalized spacial score (nSPS) is 17.0. The number of ether oxygens (including phenoxy) is 2. The number of halogens is 1. The topological polar surface area (TPSA) is 50.8 Å². The molecule has 6 heteroatoms. The standard InChI is InChI=1S/C20H23FN2O3/c1-3-26-18-8-7-15(12-19(18)25-2)20(24)23-10-9-22-13-17(23)14-5-4-6-16(21)11-14/h4-8,11-12,17,22H,3,9-10,13H2,1-2H3. The highest BCUT2D eigenvalue weighted by Gasteiger charge is 2.29. The summed E-state index contributed by atoms with van der Waals surface area (Å²) in [4.78, 5) is 14.9. The fraction of sp³-hybridized carbons (Fsp3) is 0.350. The van der Waals surface area contributed by atoms with Gasteiger partial charge < -0.3 is 19.7 Å². The summed E-state index contributed by atoms with van der Waals surface area (Å²) in [6.07, 6.45) is 0. The summed E-state index contributed by atoms with van der Waals surface area (Å²) in [5.74, 6) is 0.717. The molecule has 2 aromatic carbocycles. The molecule has 0 spiro atoms. The molecule has 1 heterocycles. The van der Waals surface area contributed by atoms with E-state index in [0.717, 1.165) is 5.56 Å². The van der Waals surface area contributed by atoms with E-state index in [0.29, 0.717) is 43.3 Å². The van der Waals surface area contributed by atoms with E-state index in [4.69, 9.17) is 9.47 Å². The molecule has 138 valence electrons. The van der Waals surface area contributed by atoms with Gasteiger partial charge in [-0.1, -0.05) is 12.1 Å². The van der Waals surface area contributed by atoms with Crippen molar-refractivity contribution in [3.05, 3.63) is 59.4 Å². The third kappa shape index (κ3) is 3.80. The van der Waals surface area contributed by atoms with E-state index in [1.165, 1.54) is 12.1 Å². The maximum atomic E-state index is 13.6. The third-order valence-corrected chi connectivity index (χ3v) is 4.45. The van der Waals surface area contributed by atoms with Crippen molar-refractivity contribution in [1.82, 2.24) is 10.2 Å². The summed E-state index contributed by atoms with van der Waals surface area (Å²) in [5, 5.41) is 3.28. The predicted molar refractivity (Wildman–Crippen MR) is 97.2 cm³/mol. The molecule has 0 radical (unpaired) electrons. The second kappa shape index (κ2) is 8.19. The molecule has 1 unspecified atom stereocenters. The Morgan fingerprint density at radius 2 is 2.12 bits per heavy atom. The van der Waals surface area contributed by atoms with Crippen LogP contribution in [0.25, 0.3) is 0 Å². The number of piperazine rings is 1. The molecule has 2 aromatic rings. The largest absolute Gasteiger partial charge is 0.493 e. The van der Waals surface area contributed by atoms with Crippen LogP contribution in [-0.4, -0.2) is 44.2 Å². The van der Waals surface area contributed by atoms with E-state index in [-0.39, 0.29) is 17.8 Å². The van der Waals surface area contributed by atoms with E-state index < -0.39 is 0 Å². The molecule has 1 saturated heterocycles. The number of carbonyl (C=O) groups excluding carboxylic acids is 1. The molecule has 1 aliphatic rings. The molecule has 0 bridgehead atoms. The fourth-order valence-corrected chi connectivity index (χ4v) is 3.20. The Balaban J connectivity index is 1.89. The van der Waals surface area contributed by atoms with Gasteiger partial charge in [0.1, 0.15) is 5.82 Å². The maximum Gasteiger partial charge on any atom is 0.254 e. The zero-order valence-electron chi connectivity index (χ0n) is 15.0. The average molecular weight is 358 g/mol. The first-order valence-electron chi connectivity index (χ1n) is 8.72. The highest BCUT2D eigenvalue weighted by Crippen LogP contribution is 2.30. The Labute approximate surface area is 152 Å². The van der Waals surface area contributed by atoms with Crippen LogP contribution in [0.1, 0.15) is 28.9 Å². The van der Waals surface area contributed by atoms with Crippen molar-refractivity contribution in [1.29, 1.82) is 0 Å². The zero-order valence-corrected chi connectivity index (χ0v) is 15.0. The number of hydrogen-bond donors (Lipinski definition) is 1. The second-order valence-corrected chi connectivity index (χ2v) is 6.07. The molecule has 26 heavy (non-hydrogen) atoms. The van der Waals surface area contributed by atoms with Crippen LogP contribution in [0, 0.1) is 5.82 Å². The SMILES string of the molecule is CCOc1ccc(C(=O)N2CCNCC2c2cccc(F)c2)cc1OC. The van der Waals surface area contributed by atoms with Gasteiger partial charge in [-0.15, -0.1) is 0 Å². The summed E-state index contributed by atoms with van der Waals surface area (Å²) in [5.41, 5.74) is 1.30. The first-order valence-corrected chi connectivity index (χ1v) is 8.72. The number of amides is 1. The third-order valence-electron chi connectivity index (χ3n) is 4.45. The van der Waals surface area contributed by atoms with Crippen molar-refractivity contribution in [2.45, 2.75) is 13.0 Å². The second-order valence-electron chi connectivity index (χ2n) is 6.07. The van der Waals surface area contributed by atoms with E-state index >= 15 is 0 Å². The molecule has 0 saturated carbocycles. The van der Waals surface area contributed by atoms with Crippen molar-refractivity contribution in [2.24, 2.45) is 0 Å². The van der Waals surface area contributed by atoms with Crippen molar-refractivity contribution in [3.8, 4) is 11.5 Å². The number of hydrogen-bond acceptors (Lipinski definition) is 4. The number of benzene rings is 2. The van der Waals surface area contributed by atoms with Gasteiger partial charge in [0.25, 0.3) is 5.91 Å². The van der Waals surface area contributed by atoms with E-state index in [9.17, 15) is 9.18 Å². The quantitative estimate of drug-likeness (QED) is 0.893. The minimum absolute atomic E-state index is 0.109. The van der Waals surface area contributed by atoms with E-state index in [1.807, 2.05) is 13.0 Å². The van der Waals surface area contributed by atoms with Crippen molar-refractivity contribution >= 4 is 5.91 Å². The molecular weight excluding hydrogens is 335 g/mol. The molecule has 1 aliphatic heterocycles. The predicted octanol–water partition coefficient (Wildman–Crippen LogP) is 3.02. The molecule has 1 N–H and O–H groups in total. The van der Waals surface area contributed by atoms with Gasteiger partial charge in [-0.05, 0) is 42.8 Å². The summed E-state index contributed by atoms with van der Waals surface area (Å²) >= 11 is 0. The lowest BCUT2D eigenvalue weighted by Gasteiger charge is -2.36. The first kappa shape index (κ1) is 18.2. The molecule has 0 aliphatic carbocycles. The first-order chi connectivity index (χ1) is 12.6. The Bertz CT molecular complexity index is 781. The number of nitrogens with one attached hydrogen (secondary N) is 1. The van der Waals surface area contributed by atoms with Gasteiger partial charge in [0.05, 0.1) is 19.8 Å². The van der Waals surface area contributed by atoms with Gasteiger partial charge in [0.15, 0.2) is 11.5 Å². The maximum absolute atomic E-state index is 13.6. The van der Waals surface area contributed by atoms with Crippen LogP contribution in [0.2, 0.25) is 0 Å². The van der Waals surface area contributed by atoms with Gasteiger partial charge in [-0.3, -0.25) is 4.79 Å². The Kier molecular flexibility index (Phi) is 5.73. The Morgan fingerprint density at radius 3 is 2.85 bits per heavy atom. The molecule has 0 aromatic heterocycles. The minimum Gasteiger partial charge on any atom is -0.493 e. The lowest BCUT2D eigenvalue weighted by atomic mass is 10.0. The molecule has 5 nitrogen and oxygen atoms in total. The summed E-state index contributed by atoms with van der Waals surface area (Å²) in [6.45, 7) is 4.25. The fourth-order valence-electron chi connectivity index (χ4n) is 3.20. The van der Waals surface area contributed by atoms with Crippen LogP contribution in [0.4, 0.5) is 4.39 Å². The van der Waals surface area contributed by atoms with Crippen LogP contribution in [-0.2, 0) is 0 Å². The lowest BCUT2D eigenvalue weighted by molar-refractivity contribution is 0.0633. The monoisotopic (exact) mass is 358 g/mol. The molecule has 1 atom stereocenters. The van der Waals surface area contributed by atoms with Crippen LogP contribution >= 0.6 is 0 Å². The average Bonchev–Trinajstić information content (AvgIpc) is 2.68. The Morgan fingerprint density at radius 1 is 1.27 bits per heavy atom. The number of rotatable bonds is 5. The minimum atomic E-state index is -0.303. The molecule has 1 amide bonds. The van der Waals surface area contributed by atoms with Crippen molar-refractivity contribution in [3.63, 3.8) is 0 Å². The van der Waals surface area contributed by atoms with Gasteiger partial charge in [-0.2, -0.15) is 0 Å². The van der Waals surface area contributed by atoms with Crippen LogP contribution < -0.4 is 14.8 Å². The Hall–Kier alpha value is -2.60. The number of nitrogens with zero attached hydrogens (tertiary/aromatic N) is 1. The van der Waals surface area contributed by atoms with Crippen LogP contribution in [0.15, 0.2) is 42.5 Å². The number of methoxy groups -OCH3 is 1. The summed E-state index contributed by atoms with van der Waals surface area (Å²) < 4.78 is 24.5. The van der Waals surface area contributed by atoms with Gasteiger partial charge in [0, 0.05) is 25.2 Å². The van der Waals surface area contributed by atoms with Crippen molar-refractivity contribution < 1.29 is 18.7 Å². The summed E-state index contributed by atoms with van der Waals surface area (Å²) in [6, 6.07) is 11.4. The molecule has 1 fully saturated rings. The van der Waals surface area contributed by atoms with E-state index in [1.54, 1.807) is 36.3 Å². The van der Waals surface area contributed by atoms with Gasteiger partial charge in [-0.25, -0.2) is 4.39 Å². The molecule has 3 rings (SSSR count). The highest BCUT2D eigenvalue weighted by atomic mass is 19.1. The number of carbonyl (C=O) groups is 1. The highest BCUT2D eigenvalue weighted by molar-refractivity contribution is 5.95. The van der Waals surface area contributed by atoms with Gasteiger partial charge in [0.2, 0.25) is 0 Å².